The van der Waals surface area contributed by atoms with Gasteiger partial charge in [-0.15, -0.1) is 0 Å². The molecule has 1 aromatic heterocycles. The average Bonchev–Trinajstić information content (AvgIpc) is 3.11. The van der Waals surface area contributed by atoms with Crippen molar-refractivity contribution < 1.29 is 14.3 Å². The minimum atomic E-state index is -0.310. The van der Waals surface area contributed by atoms with E-state index in [9.17, 15) is 4.79 Å². The number of hydrogen-bond acceptors (Lipinski definition) is 4. The molecule has 0 bridgehead atoms. The fourth-order valence-electron chi connectivity index (χ4n) is 2.43. The molecule has 1 amide bonds. The van der Waals surface area contributed by atoms with Gasteiger partial charge >= 0.3 is 0 Å². The van der Waals surface area contributed by atoms with Gasteiger partial charge in [-0.3, -0.25) is 9.89 Å². The SMILES string of the molecule is COc1ccccc1-c1cc(NC(=O)COc2ccc(Cl)c(C)c2)n[nH]1. The Kier molecular flexibility index (Phi) is 5.43. The highest BCUT2D eigenvalue weighted by Gasteiger charge is 2.11. The molecule has 2 aromatic carbocycles. The second kappa shape index (κ2) is 7.93. The minimum Gasteiger partial charge on any atom is -0.496 e. The maximum atomic E-state index is 12.1. The molecular weight excluding hydrogens is 354 g/mol. The number of halogens is 1. The lowest BCUT2D eigenvalue weighted by Gasteiger charge is -2.07. The molecule has 0 aliphatic carbocycles. The number of methoxy groups -OCH3 is 1. The van der Waals surface area contributed by atoms with Crippen molar-refractivity contribution in [3.63, 3.8) is 0 Å². The van der Waals surface area contributed by atoms with Gasteiger partial charge in [0.1, 0.15) is 11.5 Å². The number of aryl methyl sites for hydroxylation is 1. The van der Waals surface area contributed by atoms with Crippen LogP contribution >= 0.6 is 11.6 Å². The van der Waals surface area contributed by atoms with Gasteiger partial charge in [0.15, 0.2) is 12.4 Å². The van der Waals surface area contributed by atoms with Crippen molar-refractivity contribution in [3.05, 3.63) is 59.1 Å². The number of aromatic amines is 1. The third kappa shape index (κ3) is 4.15. The van der Waals surface area contributed by atoms with Gasteiger partial charge in [-0.1, -0.05) is 23.7 Å². The van der Waals surface area contributed by atoms with Crippen LogP contribution in [0.25, 0.3) is 11.3 Å². The Bertz CT molecular complexity index is 924. The number of amides is 1. The van der Waals surface area contributed by atoms with Crippen molar-refractivity contribution in [2.75, 3.05) is 19.0 Å². The van der Waals surface area contributed by atoms with E-state index >= 15 is 0 Å². The predicted octanol–water partition coefficient (Wildman–Crippen LogP) is 4.06. The van der Waals surface area contributed by atoms with E-state index in [0.717, 1.165) is 22.6 Å². The number of benzene rings is 2. The summed E-state index contributed by atoms with van der Waals surface area (Å²) in [5.41, 5.74) is 2.49. The zero-order valence-electron chi connectivity index (χ0n) is 14.4. The van der Waals surface area contributed by atoms with E-state index in [1.807, 2.05) is 31.2 Å². The van der Waals surface area contributed by atoms with E-state index in [-0.39, 0.29) is 12.5 Å². The van der Waals surface area contributed by atoms with Gasteiger partial charge < -0.3 is 14.8 Å². The molecule has 0 saturated carbocycles. The van der Waals surface area contributed by atoms with Crippen molar-refractivity contribution in [3.8, 4) is 22.8 Å². The lowest BCUT2D eigenvalue weighted by atomic mass is 10.1. The van der Waals surface area contributed by atoms with Crippen LogP contribution in [-0.4, -0.2) is 29.8 Å². The smallest absolute Gasteiger partial charge is 0.263 e. The number of H-pyrrole nitrogens is 1. The molecule has 0 atom stereocenters. The first-order valence-corrected chi connectivity index (χ1v) is 8.32. The van der Waals surface area contributed by atoms with E-state index in [2.05, 4.69) is 15.5 Å². The van der Waals surface area contributed by atoms with Crippen LogP contribution in [0, 0.1) is 6.92 Å². The van der Waals surface area contributed by atoms with Crippen molar-refractivity contribution in [2.24, 2.45) is 0 Å². The number of nitrogens with zero attached hydrogens (tertiary/aromatic N) is 1. The number of carbonyl (C=O) groups is 1. The first kappa shape index (κ1) is 17.8. The number of nitrogens with one attached hydrogen (secondary N) is 2. The molecule has 0 radical (unpaired) electrons. The maximum Gasteiger partial charge on any atom is 0.263 e. The summed E-state index contributed by atoms with van der Waals surface area (Å²) >= 11 is 5.97. The number of ether oxygens (including phenoxy) is 2. The molecule has 0 spiro atoms. The number of carbonyl (C=O) groups excluding carboxylic acids is 1. The molecule has 134 valence electrons. The molecule has 0 aliphatic rings. The standard InChI is InChI=1S/C19H18ClN3O3/c1-12-9-13(7-8-15(12)20)26-11-19(24)21-18-10-16(22-23-18)14-5-3-4-6-17(14)25-2/h3-10H,11H2,1-2H3,(H2,21,22,23,24). The average molecular weight is 372 g/mol. The molecule has 1 heterocycles. The highest BCUT2D eigenvalue weighted by Crippen LogP contribution is 2.29. The normalized spacial score (nSPS) is 10.4. The minimum absolute atomic E-state index is 0.127. The molecule has 0 unspecified atom stereocenters. The molecule has 26 heavy (non-hydrogen) atoms. The summed E-state index contributed by atoms with van der Waals surface area (Å²) in [5, 5.41) is 10.3. The van der Waals surface area contributed by atoms with Crippen molar-refractivity contribution in [1.29, 1.82) is 0 Å². The van der Waals surface area contributed by atoms with Crippen LogP contribution in [0.3, 0.4) is 0 Å². The van der Waals surface area contributed by atoms with E-state index < -0.39 is 0 Å². The summed E-state index contributed by atoms with van der Waals surface area (Å²) in [7, 11) is 1.60. The Hall–Kier alpha value is -2.99. The van der Waals surface area contributed by atoms with Crippen molar-refractivity contribution >= 4 is 23.3 Å². The molecule has 3 aromatic rings. The maximum absolute atomic E-state index is 12.1. The second-order valence-electron chi connectivity index (χ2n) is 5.61. The predicted molar refractivity (Wildman–Crippen MR) is 101 cm³/mol. The third-order valence-corrected chi connectivity index (χ3v) is 4.17. The Morgan fingerprint density at radius 2 is 2.04 bits per heavy atom. The zero-order chi connectivity index (χ0) is 18.5. The van der Waals surface area contributed by atoms with Crippen LogP contribution in [0.2, 0.25) is 5.02 Å². The fourth-order valence-corrected chi connectivity index (χ4v) is 2.54. The summed E-state index contributed by atoms with van der Waals surface area (Å²) in [6.07, 6.45) is 0. The van der Waals surface area contributed by atoms with Gasteiger partial charge in [-0.2, -0.15) is 5.10 Å². The van der Waals surface area contributed by atoms with Gasteiger partial charge in [-0.25, -0.2) is 0 Å². The van der Waals surface area contributed by atoms with Crippen LogP contribution in [0.4, 0.5) is 5.82 Å². The largest absolute Gasteiger partial charge is 0.496 e. The topological polar surface area (TPSA) is 76.2 Å². The highest BCUT2D eigenvalue weighted by molar-refractivity contribution is 6.31. The highest BCUT2D eigenvalue weighted by atomic mass is 35.5. The number of rotatable bonds is 6. The molecule has 0 aliphatic heterocycles. The third-order valence-electron chi connectivity index (χ3n) is 3.74. The number of para-hydroxylation sites is 1. The molecule has 2 N–H and O–H groups in total. The van der Waals surface area contributed by atoms with Crippen molar-refractivity contribution in [1.82, 2.24) is 10.2 Å². The van der Waals surface area contributed by atoms with Crippen LogP contribution < -0.4 is 14.8 Å². The molecule has 6 nitrogen and oxygen atoms in total. The number of hydrogen-bond donors (Lipinski definition) is 2. The van der Waals surface area contributed by atoms with E-state index in [1.165, 1.54) is 0 Å². The van der Waals surface area contributed by atoms with E-state index in [4.69, 9.17) is 21.1 Å². The van der Waals surface area contributed by atoms with Gasteiger partial charge in [0, 0.05) is 16.7 Å². The first-order valence-electron chi connectivity index (χ1n) is 7.94. The Morgan fingerprint density at radius 3 is 2.81 bits per heavy atom. The summed E-state index contributed by atoms with van der Waals surface area (Å²) in [4.78, 5) is 12.1. The van der Waals surface area contributed by atoms with E-state index in [0.29, 0.717) is 16.6 Å². The van der Waals surface area contributed by atoms with Crippen LogP contribution in [-0.2, 0) is 4.79 Å². The fraction of sp³-hybridized carbons (Fsp3) is 0.158. The van der Waals surface area contributed by atoms with E-state index in [1.54, 1.807) is 31.4 Å². The lowest BCUT2D eigenvalue weighted by molar-refractivity contribution is -0.118. The van der Waals surface area contributed by atoms with Gasteiger partial charge in [0.2, 0.25) is 0 Å². The second-order valence-corrected chi connectivity index (χ2v) is 6.02. The Morgan fingerprint density at radius 1 is 1.23 bits per heavy atom. The molecule has 3 rings (SSSR count). The summed E-state index contributed by atoms with van der Waals surface area (Å²) in [6.45, 7) is 1.75. The molecule has 0 fully saturated rings. The van der Waals surface area contributed by atoms with Gasteiger partial charge in [0.25, 0.3) is 5.91 Å². The van der Waals surface area contributed by atoms with Gasteiger partial charge in [0.05, 0.1) is 12.8 Å². The summed E-state index contributed by atoms with van der Waals surface area (Å²) < 4.78 is 10.8. The Balaban J connectivity index is 1.61. The zero-order valence-corrected chi connectivity index (χ0v) is 15.1. The summed E-state index contributed by atoms with van der Waals surface area (Å²) in [5.74, 6) is 1.40. The van der Waals surface area contributed by atoms with Crippen molar-refractivity contribution in [2.45, 2.75) is 6.92 Å². The molecule has 7 heteroatoms. The lowest BCUT2D eigenvalue weighted by Crippen LogP contribution is -2.20. The van der Waals surface area contributed by atoms with Gasteiger partial charge in [-0.05, 0) is 42.8 Å². The number of anilines is 1. The first-order chi connectivity index (χ1) is 12.6. The molecular formula is C19H18ClN3O3. The van der Waals surface area contributed by atoms with Crippen LogP contribution in [0.5, 0.6) is 11.5 Å². The van der Waals surface area contributed by atoms with Crippen LogP contribution in [0.15, 0.2) is 48.5 Å². The van der Waals surface area contributed by atoms with Crippen LogP contribution in [0.1, 0.15) is 5.56 Å². The monoisotopic (exact) mass is 371 g/mol. The Labute approximate surface area is 156 Å². The molecule has 0 saturated heterocycles. The number of aromatic nitrogens is 2. The quantitative estimate of drug-likeness (QED) is 0.685. The summed E-state index contributed by atoms with van der Waals surface area (Å²) in [6, 6.07) is 14.5.